The number of hydrogen-bond donors (Lipinski definition) is 3. The zero-order valence-corrected chi connectivity index (χ0v) is 11.2. The quantitative estimate of drug-likeness (QED) is 0.626. The van der Waals surface area contributed by atoms with Gasteiger partial charge in [0.1, 0.15) is 0 Å². The first-order chi connectivity index (χ1) is 8.18. The summed E-state index contributed by atoms with van der Waals surface area (Å²) >= 11 is 0. The summed E-state index contributed by atoms with van der Waals surface area (Å²) in [4.78, 5) is 34.7. The van der Waals surface area contributed by atoms with Crippen molar-refractivity contribution in [2.45, 2.75) is 32.2 Å². The van der Waals surface area contributed by atoms with E-state index in [-0.39, 0.29) is 25.3 Å². The van der Waals surface area contributed by atoms with Crippen LogP contribution in [0.4, 0.5) is 4.79 Å². The number of carbonyl (C=O) groups is 3. The van der Waals surface area contributed by atoms with Crippen molar-refractivity contribution in [1.82, 2.24) is 15.5 Å². The summed E-state index contributed by atoms with van der Waals surface area (Å²) < 4.78 is 0. The third kappa shape index (κ3) is 6.72. The molecule has 0 bridgehead atoms. The summed E-state index contributed by atoms with van der Waals surface area (Å²) in [7, 11) is 3.08. The predicted octanol–water partition coefficient (Wildman–Crippen LogP) is 0.0172. The van der Waals surface area contributed by atoms with Crippen LogP contribution in [0.2, 0.25) is 0 Å². The second-order valence-electron chi connectivity index (χ2n) is 4.73. The molecule has 18 heavy (non-hydrogen) atoms. The fraction of sp³-hybridized carbons (Fsp3) is 0.727. The molecule has 0 atom stereocenters. The average molecular weight is 259 g/mol. The van der Waals surface area contributed by atoms with Crippen molar-refractivity contribution >= 4 is 17.9 Å². The van der Waals surface area contributed by atoms with Crippen LogP contribution >= 0.6 is 0 Å². The van der Waals surface area contributed by atoms with Gasteiger partial charge in [-0.1, -0.05) is 0 Å². The SMILES string of the molecule is CNC(=O)CCN(C)C(=O)NC(C)(C)CC(=O)O. The molecule has 104 valence electrons. The number of carbonyl (C=O) groups excluding carboxylic acids is 2. The summed E-state index contributed by atoms with van der Waals surface area (Å²) in [6, 6.07) is -0.398. The van der Waals surface area contributed by atoms with Crippen molar-refractivity contribution in [3.05, 3.63) is 0 Å². The molecular weight excluding hydrogens is 238 g/mol. The van der Waals surface area contributed by atoms with Crippen molar-refractivity contribution in [2.75, 3.05) is 20.6 Å². The van der Waals surface area contributed by atoms with Crippen molar-refractivity contribution in [2.24, 2.45) is 0 Å². The highest BCUT2D eigenvalue weighted by Crippen LogP contribution is 2.08. The molecule has 3 N–H and O–H groups in total. The van der Waals surface area contributed by atoms with E-state index in [1.54, 1.807) is 20.9 Å². The Labute approximate surface area is 107 Å². The Kier molecular flexibility index (Phi) is 6.15. The van der Waals surface area contributed by atoms with Crippen LogP contribution in [0.5, 0.6) is 0 Å². The Morgan fingerprint density at radius 3 is 2.28 bits per heavy atom. The van der Waals surface area contributed by atoms with Gasteiger partial charge in [0.2, 0.25) is 5.91 Å². The molecule has 0 saturated carbocycles. The summed E-state index contributed by atoms with van der Waals surface area (Å²) in [6.07, 6.45) is 0.0435. The number of carboxylic acid groups (broad SMARTS) is 1. The number of nitrogens with zero attached hydrogens (tertiary/aromatic N) is 1. The Morgan fingerprint density at radius 1 is 1.28 bits per heavy atom. The van der Waals surface area contributed by atoms with Gasteiger partial charge in [0.25, 0.3) is 0 Å². The van der Waals surface area contributed by atoms with Crippen LogP contribution in [0.15, 0.2) is 0 Å². The van der Waals surface area contributed by atoms with Crippen LogP contribution in [-0.4, -0.2) is 54.1 Å². The lowest BCUT2D eigenvalue weighted by Crippen LogP contribution is -2.50. The van der Waals surface area contributed by atoms with Crippen molar-refractivity contribution < 1.29 is 19.5 Å². The molecule has 0 spiro atoms. The molecule has 0 aromatic carbocycles. The van der Waals surface area contributed by atoms with Gasteiger partial charge < -0.3 is 20.6 Å². The lowest BCUT2D eigenvalue weighted by molar-refractivity contribution is -0.138. The van der Waals surface area contributed by atoms with Gasteiger partial charge in [-0.15, -0.1) is 0 Å². The van der Waals surface area contributed by atoms with E-state index in [4.69, 9.17) is 5.11 Å². The minimum absolute atomic E-state index is 0.153. The summed E-state index contributed by atoms with van der Waals surface area (Å²) in [5.74, 6) is -1.13. The molecule has 0 aromatic heterocycles. The maximum Gasteiger partial charge on any atom is 0.317 e. The number of nitrogens with one attached hydrogen (secondary N) is 2. The zero-order valence-electron chi connectivity index (χ0n) is 11.2. The molecule has 0 radical (unpaired) electrons. The average Bonchev–Trinajstić information content (AvgIpc) is 2.22. The topological polar surface area (TPSA) is 98.7 Å². The Balaban J connectivity index is 4.22. The molecule has 0 aliphatic heterocycles. The van der Waals surface area contributed by atoms with E-state index in [0.717, 1.165) is 0 Å². The first-order valence-electron chi connectivity index (χ1n) is 5.63. The van der Waals surface area contributed by atoms with Gasteiger partial charge in [-0.25, -0.2) is 4.79 Å². The predicted molar refractivity (Wildman–Crippen MR) is 66.2 cm³/mol. The van der Waals surface area contributed by atoms with Gasteiger partial charge in [0.05, 0.1) is 6.42 Å². The highest BCUT2D eigenvalue weighted by Gasteiger charge is 2.25. The Morgan fingerprint density at radius 2 is 1.83 bits per heavy atom. The van der Waals surface area contributed by atoms with Crippen LogP contribution in [-0.2, 0) is 9.59 Å². The van der Waals surface area contributed by atoms with Crippen LogP contribution in [0, 0.1) is 0 Å². The Bertz CT molecular complexity index is 328. The van der Waals surface area contributed by atoms with Crippen molar-refractivity contribution in [3.8, 4) is 0 Å². The number of rotatable bonds is 6. The van der Waals surface area contributed by atoms with E-state index in [1.807, 2.05) is 0 Å². The number of hydrogen-bond acceptors (Lipinski definition) is 3. The number of carboxylic acids is 1. The van der Waals surface area contributed by atoms with Gasteiger partial charge in [-0.2, -0.15) is 0 Å². The molecule has 3 amide bonds. The number of amides is 3. The van der Waals surface area contributed by atoms with E-state index < -0.39 is 17.5 Å². The number of urea groups is 1. The normalized spacial score (nSPS) is 10.7. The third-order valence-corrected chi connectivity index (χ3v) is 2.34. The minimum Gasteiger partial charge on any atom is -0.481 e. The van der Waals surface area contributed by atoms with Gasteiger partial charge in [-0.3, -0.25) is 9.59 Å². The molecule has 7 nitrogen and oxygen atoms in total. The fourth-order valence-electron chi connectivity index (χ4n) is 1.30. The van der Waals surface area contributed by atoms with E-state index in [9.17, 15) is 14.4 Å². The van der Waals surface area contributed by atoms with Gasteiger partial charge in [0, 0.05) is 32.6 Å². The van der Waals surface area contributed by atoms with Gasteiger partial charge >= 0.3 is 12.0 Å². The summed E-state index contributed by atoms with van der Waals surface area (Å²) in [5.41, 5.74) is -0.829. The highest BCUT2D eigenvalue weighted by atomic mass is 16.4. The molecule has 0 aromatic rings. The van der Waals surface area contributed by atoms with Crippen molar-refractivity contribution in [1.29, 1.82) is 0 Å². The lowest BCUT2D eigenvalue weighted by Gasteiger charge is -2.27. The standard InChI is InChI=1S/C11H21N3O4/c1-11(2,7-9(16)17)13-10(18)14(4)6-5-8(15)12-3/h5-7H2,1-4H3,(H,12,15)(H,13,18)(H,16,17). The first-order valence-corrected chi connectivity index (χ1v) is 5.63. The maximum absolute atomic E-state index is 11.7. The molecule has 7 heteroatoms. The minimum atomic E-state index is -0.978. The van der Waals surface area contributed by atoms with Gasteiger partial charge in [-0.05, 0) is 13.8 Å². The monoisotopic (exact) mass is 259 g/mol. The van der Waals surface area contributed by atoms with E-state index in [0.29, 0.717) is 0 Å². The van der Waals surface area contributed by atoms with Crippen LogP contribution in [0.3, 0.4) is 0 Å². The molecule has 0 saturated heterocycles. The van der Waals surface area contributed by atoms with Crippen LogP contribution < -0.4 is 10.6 Å². The third-order valence-electron chi connectivity index (χ3n) is 2.34. The van der Waals surface area contributed by atoms with E-state index in [2.05, 4.69) is 10.6 Å². The fourth-order valence-corrected chi connectivity index (χ4v) is 1.30. The molecule has 0 unspecified atom stereocenters. The maximum atomic E-state index is 11.7. The summed E-state index contributed by atoms with van der Waals surface area (Å²) in [6.45, 7) is 3.53. The zero-order chi connectivity index (χ0) is 14.3. The molecule has 0 aliphatic carbocycles. The largest absolute Gasteiger partial charge is 0.481 e. The lowest BCUT2D eigenvalue weighted by atomic mass is 10.0. The smallest absolute Gasteiger partial charge is 0.317 e. The van der Waals surface area contributed by atoms with Crippen molar-refractivity contribution in [3.63, 3.8) is 0 Å². The molecule has 0 aliphatic rings. The summed E-state index contributed by atoms with van der Waals surface area (Å²) in [5, 5.41) is 13.8. The van der Waals surface area contributed by atoms with E-state index in [1.165, 1.54) is 11.9 Å². The van der Waals surface area contributed by atoms with Crippen LogP contribution in [0.1, 0.15) is 26.7 Å². The Hall–Kier alpha value is -1.79. The molecule has 0 rings (SSSR count). The molecule has 0 fully saturated rings. The second-order valence-corrected chi connectivity index (χ2v) is 4.73. The number of aliphatic carboxylic acids is 1. The van der Waals surface area contributed by atoms with Gasteiger partial charge in [0.15, 0.2) is 0 Å². The highest BCUT2D eigenvalue weighted by molar-refractivity contribution is 5.78. The second kappa shape index (κ2) is 6.83. The molecular formula is C11H21N3O4. The molecule has 0 heterocycles. The van der Waals surface area contributed by atoms with Crippen LogP contribution in [0.25, 0.3) is 0 Å². The first kappa shape index (κ1) is 16.2. The van der Waals surface area contributed by atoms with E-state index >= 15 is 0 Å².